The van der Waals surface area contributed by atoms with E-state index in [1.165, 1.54) is 0 Å². The second-order valence-electron chi connectivity index (χ2n) is 3.43. The van der Waals surface area contributed by atoms with Crippen LogP contribution in [0, 0.1) is 11.8 Å². The molecule has 0 aromatic carbocycles. The Bertz CT molecular complexity index is 211. The predicted molar refractivity (Wildman–Crippen MR) is 61.7 cm³/mol. The van der Waals surface area contributed by atoms with Gasteiger partial charge in [0.25, 0.3) is 0 Å². The zero-order valence-corrected chi connectivity index (χ0v) is 10.9. The number of carbonyl (C=O) groups is 2. The van der Waals surface area contributed by atoms with Crippen molar-refractivity contribution < 1.29 is 19.1 Å². The minimum absolute atomic E-state index is 0.0897. The van der Waals surface area contributed by atoms with Crippen LogP contribution in [-0.4, -0.2) is 36.9 Å². The van der Waals surface area contributed by atoms with Crippen molar-refractivity contribution in [2.45, 2.75) is 13.8 Å². The smallest absolute Gasteiger partial charge is 0.320 e. The molecule has 0 saturated carbocycles. The highest BCUT2D eigenvalue weighted by Crippen LogP contribution is 2.15. The molecule has 0 fully saturated rings. The monoisotopic (exact) mass is 270 g/mol. The highest BCUT2D eigenvalue weighted by molar-refractivity contribution is 6.18. The summed E-state index contributed by atoms with van der Waals surface area (Å²) in [5.41, 5.74) is 0. The number of alkyl halides is 2. The van der Waals surface area contributed by atoms with Gasteiger partial charge in [-0.2, -0.15) is 0 Å². The molecule has 0 amide bonds. The van der Waals surface area contributed by atoms with Gasteiger partial charge in [-0.25, -0.2) is 0 Å². The molecule has 0 aliphatic rings. The van der Waals surface area contributed by atoms with Crippen LogP contribution in [-0.2, 0) is 19.1 Å². The Labute approximate surface area is 105 Å². The van der Waals surface area contributed by atoms with E-state index < -0.39 is 17.9 Å². The van der Waals surface area contributed by atoms with E-state index in [2.05, 4.69) is 0 Å². The molecular formula is C10H16Cl2O4. The summed E-state index contributed by atoms with van der Waals surface area (Å²) in [6, 6.07) is 0. The molecule has 94 valence electrons. The van der Waals surface area contributed by atoms with Gasteiger partial charge in [0.2, 0.25) is 0 Å². The van der Waals surface area contributed by atoms with Crippen LogP contribution in [0.3, 0.4) is 0 Å². The van der Waals surface area contributed by atoms with E-state index in [1.807, 2.05) is 0 Å². The summed E-state index contributed by atoms with van der Waals surface area (Å²) < 4.78 is 9.62. The first-order valence-electron chi connectivity index (χ1n) is 4.99. The quantitative estimate of drug-likeness (QED) is 0.402. The molecule has 0 aromatic heterocycles. The fourth-order valence-electron chi connectivity index (χ4n) is 1.10. The van der Waals surface area contributed by atoms with Crippen LogP contribution >= 0.6 is 23.2 Å². The second kappa shape index (κ2) is 8.65. The molecular weight excluding hydrogens is 255 g/mol. The zero-order valence-electron chi connectivity index (χ0n) is 9.37. The molecule has 0 radical (unpaired) electrons. The van der Waals surface area contributed by atoms with Gasteiger partial charge in [0.05, 0.1) is 11.8 Å². The molecule has 4 nitrogen and oxygen atoms in total. The summed E-state index contributed by atoms with van der Waals surface area (Å²) in [4.78, 5) is 23.1. The summed E-state index contributed by atoms with van der Waals surface area (Å²) in [7, 11) is 0. The van der Waals surface area contributed by atoms with Gasteiger partial charge < -0.3 is 9.47 Å². The molecule has 0 aliphatic heterocycles. The average Bonchev–Trinajstić information content (AvgIpc) is 2.23. The third-order valence-electron chi connectivity index (χ3n) is 1.82. The van der Waals surface area contributed by atoms with Crippen molar-refractivity contribution in [3.63, 3.8) is 0 Å². The minimum Gasteiger partial charge on any atom is -0.464 e. The summed E-state index contributed by atoms with van der Waals surface area (Å²) in [6.07, 6.45) is 0. The number of halogens is 2. The van der Waals surface area contributed by atoms with Crippen LogP contribution in [0.1, 0.15) is 13.8 Å². The van der Waals surface area contributed by atoms with Crippen LogP contribution in [0.15, 0.2) is 0 Å². The van der Waals surface area contributed by atoms with Gasteiger partial charge in [-0.05, 0) is 5.92 Å². The highest BCUT2D eigenvalue weighted by atomic mass is 35.5. The first kappa shape index (κ1) is 15.5. The third kappa shape index (κ3) is 5.56. The lowest BCUT2D eigenvalue weighted by molar-refractivity contribution is -0.163. The van der Waals surface area contributed by atoms with Gasteiger partial charge in [-0.3, -0.25) is 9.59 Å². The summed E-state index contributed by atoms with van der Waals surface area (Å²) in [5, 5.41) is 0. The van der Waals surface area contributed by atoms with Crippen LogP contribution in [0.25, 0.3) is 0 Å². The van der Waals surface area contributed by atoms with Crippen molar-refractivity contribution >= 4 is 35.1 Å². The Kier molecular flexibility index (Phi) is 8.39. The molecule has 0 spiro atoms. The summed E-state index contributed by atoms with van der Waals surface area (Å²) in [6.45, 7) is 3.67. The normalized spacial score (nSPS) is 10.6. The van der Waals surface area contributed by atoms with E-state index in [-0.39, 0.29) is 30.9 Å². The Hall–Kier alpha value is -0.480. The first-order chi connectivity index (χ1) is 7.54. The van der Waals surface area contributed by atoms with Gasteiger partial charge in [-0.1, -0.05) is 13.8 Å². The van der Waals surface area contributed by atoms with Crippen molar-refractivity contribution in [3.8, 4) is 0 Å². The molecule has 0 bridgehead atoms. The van der Waals surface area contributed by atoms with E-state index in [0.29, 0.717) is 0 Å². The molecule has 0 atom stereocenters. The fraction of sp³-hybridized carbons (Fsp3) is 0.800. The first-order valence-corrected chi connectivity index (χ1v) is 6.06. The van der Waals surface area contributed by atoms with Gasteiger partial charge in [-0.15, -0.1) is 23.2 Å². The number of esters is 2. The Morgan fingerprint density at radius 3 is 1.62 bits per heavy atom. The van der Waals surface area contributed by atoms with Gasteiger partial charge in [0.15, 0.2) is 5.92 Å². The number of carbonyl (C=O) groups excluding carboxylic acids is 2. The van der Waals surface area contributed by atoms with E-state index in [9.17, 15) is 9.59 Å². The SMILES string of the molecule is CC(C)C(C(=O)OCCCl)C(=O)OCCCl. The molecule has 0 heterocycles. The largest absolute Gasteiger partial charge is 0.464 e. The fourth-order valence-corrected chi connectivity index (χ4v) is 1.25. The van der Waals surface area contributed by atoms with Gasteiger partial charge in [0, 0.05) is 0 Å². The second-order valence-corrected chi connectivity index (χ2v) is 4.19. The Morgan fingerprint density at radius 1 is 1.00 bits per heavy atom. The molecule has 16 heavy (non-hydrogen) atoms. The molecule has 0 rings (SSSR count). The lowest BCUT2D eigenvalue weighted by atomic mass is 9.96. The van der Waals surface area contributed by atoms with Crippen molar-refractivity contribution in [2.75, 3.05) is 25.0 Å². The van der Waals surface area contributed by atoms with Crippen LogP contribution < -0.4 is 0 Å². The van der Waals surface area contributed by atoms with Crippen molar-refractivity contribution in [3.05, 3.63) is 0 Å². The predicted octanol–water partition coefficient (Wildman–Crippen LogP) is 1.82. The standard InChI is InChI=1S/C10H16Cl2O4/c1-7(2)8(9(13)15-5-3-11)10(14)16-6-4-12/h7-8H,3-6H2,1-2H3. The maximum absolute atomic E-state index is 11.5. The van der Waals surface area contributed by atoms with Crippen LogP contribution in [0.4, 0.5) is 0 Å². The summed E-state index contributed by atoms with van der Waals surface area (Å²) >= 11 is 10.8. The van der Waals surface area contributed by atoms with Crippen LogP contribution in [0.2, 0.25) is 0 Å². The minimum atomic E-state index is -0.911. The molecule has 0 saturated heterocycles. The van der Waals surface area contributed by atoms with E-state index in [1.54, 1.807) is 13.8 Å². The number of rotatable bonds is 7. The van der Waals surface area contributed by atoms with Gasteiger partial charge in [0.1, 0.15) is 13.2 Å². The molecule has 0 unspecified atom stereocenters. The zero-order chi connectivity index (χ0) is 12.6. The number of hydrogen-bond acceptors (Lipinski definition) is 4. The summed E-state index contributed by atoms with van der Waals surface area (Å²) in [5.74, 6) is -1.90. The maximum Gasteiger partial charge on any atom is 0.320 e. The van der Waals surface area contributed by atoms with Crippen LogP contribution in [0.5, 0.6) is 0 Å². The van der Waals surface area contributed by atoms with Crippen molar-refractivity contribution in [1.82, 2.24) is 0 Å². The van der Waals surface area contributed by atoms with E-state index in [4.69, 9.17) is 32.7 Å². The molecule has 0 aliphatic carbocycles. The van der Waals surface area contributed by atoms with Crippen molar-refractivity contribution in [1.29, 1.82) is 0 Å². The van der Waals surface area contributed by atoms with Crippen molar-refractivity contribution in [2.24, 2.45) is 11.8 Å². The van der Waals surface area contributed by atoms with E-state index in [0.717, 1.165) is 0 Å². The Balaban J connectivity index is 4.35. The average molecular weight is 271 g/mol. The molecule has 6 heteroatoms. The third-order valence-corrected chi connectivity index (χ3v) is 2.13. The molecule has 0 aromatic rings. The van der Waals surface area contributed by atoms with Gasteiger partial charge >= 0.3 is 11.9 Å². The highest BCUT2D eigenvalue weighted by Gasteiger charge is 2.32. The molecule has 0 N–H and O–H groups in total. The topological polar surface area (TPSA) is 52.6 Å². The van der Waals surface area contributed by atoms with E-state index >= 15 is 0 Å². The maximum atomic E-state index is 11.5. The number of hydrogen-bond donors (Lipinski definition) is 0. The number of ether oxygens (including phenoxy) is 2. The lowest BCUT2D eigenvalue weighted by Crippen LogP contribution is -2.32. The Morgan fingerprint density at radius 2 is 1.38 bits per heavy atom. The lowest BCUT2D eigenvalue weighted by Gasteiger charge is -2.17.